The maximum atomic E-state index is 13.7. The minimum absolute atomic E-state index is 0.0691. The molecule has 6 rings (SSSR count). The van der Waals surface area contributed by atoms with Gasteiger partial charge >= 0.3 is 0 Å². The summed E-state index contributed by atoms with van der Waals surface area (Å²) in [5, 5.41) is 20.4. The molecule has 1 atom stereocenters. The largest absolute Gasteiger partial charge is 0.484 e. The zero-order valence-electron chi connectivity index (χ0n) is 24.8. The molecule has 9 nitrogen and oxygen atoms in total. The minimum atomic E-state index is -0.342. The highest BCUT2D eigenvalue weighted by Gasteiger charge is 2.33. The fraction of sp³-hybridized carbons (Fsp3) is 0.206. The summed E-state index contributed by atoms with van der Waals surface area (Å²) in [5.41, 5.74) is 2.78. The Morgan fingerprint density at radius 2 is 1.72 bits per heavy atom. The van der Waals surface area contributed by atoms with Crippen LogP contribution >= 0.6 is 23.1 Å². The highest BCUT2D eigenvalue weighted by Crippen LogP contribution is 2.34. The number of thiophene rings is 1. The second-order valence-corrected chi connectivity index (χ2v) is 12.4. The van der Waals surface area contributed by atoms with Crippen molar-refractivity contribution in [3.63, 3.8) is 0 Å². The molecule has 12 heteroatoms. The Balaban J connectivity index is 1.15. The first-order valence-electron chi connectivity index (χ1n) is 14.8. The number of carbonyl (C=O) groups excluding carboxylic acids is 2. The second-order valence-electron chi connectivity index (χ2n) is 10.5. The number of amides is 2. The second kappa shape index (κ2) is 15.0. The van der Waals surface area contributed by atoms with Crippen molar-refractivity contribution in [2.45, 2.75) is 37.1 Å². The smallest absolute Gasteiger partial charge is 0.258 e. The van der Waals surface area contributed by atoms with Gasteiger partial charge in [-0.15, -0.1) is 21.5 Å². The third-order valence-corrected chi connectivity index (χ3v) is 9.24. The third-order valence-electron chi connectivity index (χ3n) is 7.37. The molecule has 2 aromatic heterocycles. The first-order valence-corrected chi connectivity index (χ1v) is 16.6. The van der Waals surface area contributed by atoms with Crippen LogP contribution in [0.3, 0.4) is 0 Å². The Labute approximate surface area is 274 Å². The summed E-state index contributed by atoms with van der Waals surface area (Å²) in [6.07, 6.45) is 1.25. The number of ether oxygens (including phenoxy) is 1. The first kappa shape index (κ1) is 31.2. The number of hydrogen-bond acceptors (Lipinski definition) is 8. The summed E-state index contributed by atoms with van der Waals surface area (Å²) < 4.78 is 21.2. The predicted molar refractivity (Wildman–Crippen MR) is 176 cm³/mol. The van der Waals surface area contributed by atoms with Gasteiger partial charge in [0.25, 0.3) is 11.8 Å². The quantitative estimate of drug-likeness (QED) is 0.159. The summed E-state index contributed by atoms with van der Waals surface area (Å²) in [4.78, 5) is 27.2. The van der Waals surface area contributed by atoms with Gasteiger partial charge in [-0.1, -0.05) is 78.5 Å². The van der Waals surface area contributed by atoms with E-state index in [0.717, 1.165) is 21.7 Å². The predicted octanol–water partition coefficient (Wildman–Crippen LogP) is 5.89. The molecule has 1 aliphatic heterocycles. The van der Waals surface area contributed by atoms with Gasteiger partial charge in [-0.25, -0.2) is 9.40 Å². The number of nitrogens with one attached hydrogen (secondary N) is 1. The maximum Gasteiger partial charge on any atom is 0.258 e. The van der Waals surface area contributed by atoms with Crippen molar-refractivity contribution < 1.29 is 18.7 Å². The molecule has 5 aromatic rings. The lowest BCUT2D eigenvalue weighted by Gasteiger charge is -2.22. The molecule has 0 bridgehead atoms. The molecule has 234 valence electrons. The summed E-state index contributed by atoms with van der Waals surface area (Å²) in [6.45, 7) is 0.583. The SMILES string of the molecule is O=C(COc1ccccc1)NCc1nnc(SCC(=O)N2N=C(c3cccs3)C[C@@H]2c2ccc(F)cc2)n1CCc1ccccc1. The molecular formula is C34H31FN6O3S2. The number of thioether (sulfide) groups is 1. The lowest BCUT2D eigenvalue weighted by atomic mass is 10.0. The fourth-order valence-corrected chi connectivity index (χ4v) is 6.59. The number of aromatic nitrogens is 3. The van der Waals surface area contributed by atoms with Gasteiger partial charge in [0.1, 0.15) is 11.6 Å². The first-order chi connectivity index (χ1) is 22.5. The molecule has 1 N–H and O–H groups in total. The molecule has 1 aliphatic rings. The van der Waals surface area contributed by atoms with Crippen molar-refractivity contribution in [2.24, 2.45) is 5.10 Å². The average Bonchev–Trinajstić information content (AvgIpc) is 3.86. The van der Waals surface area contributed by atoms with Crippen molar-refractivity contribution >= 4 is 40.6 Å². The van der Waals surface area contributed by atoms with Crippen LogP contribution in [0.15, 0.2) is 113 Å². The Morgan fingerprint density at radius 3 is 2.46 bits per heavy atom. The lowest BCUT2D eigenvalue weighted by molar-refractivity contribution is -0.130. The number of rotatable bonds is 13. The summed E-state index contributed by atoms with van der Waals surface area (Å²) in [6, 6.07) is 29.0. The van der Waals surface area contributed by atoms with E-state index in [1.54, 1.807) is 35.6 Å². The van der Waals surface area contributed by atoms with Crippen LogP contribution in [0.25, 0.3) is 0 Å². The number of hydrazone groups is 1. The van der Waals surface area contributed by atoms with Gasteiger partial charge in [0.15, 0.2) is 17.6 Å². The molecule has 0 spiro atoms. The van der Waals surface area contributed by atoms with E-state index in [1.165, 1.54) is 28.9 Å². The number of nitrogens with zero attached hydrogens (tertiary/aromatic N) is 5. The van der Waals surface area contributed by atoms with Gasteiger partial charge in [0, 0.05) is 13.0 Å². The van der Waals surface area contributed by atoms with E-state index in [-0.39, 0.29) is 42.6 Å². The fourth-order valence-electron chi connectivity index (χ4n) is 5.03. The van der Waals surface area contributed by atoms with Crippen molar-refractivity contribution in [1.29, 1.82) is 0 Å². The Morgan fingerprint density at radius 1 is 0.957 bits per heavy atom. The molecule has 0 saturated heterocycles. The lowest BCUT2D eigenvalue weighted by Crippen LogP contribution is -2.30. The highest BCUT2D eigenvalue weighted by atomic mass is 32.2. The monoisotopic (exact) mass is 654 g/mol. The number of hydrogen-bond donors (Lipinski definition) is 1. The third kappa shape index (κ3) is 7.88. The summed E-state index contributed by atoms with van der Waals surface area (Å²) >= 11 is 2.84. The van der Waals surface area contributed by atoms with Gasteiger partial charge in [0.2, 0.25) is 0 Å². The molecule has 0 unspecified atom stereocenters. The van der Waals surface area contributed by atoms with Crippen LogP contribution in [0.4, 0.5) is 4.39 Å². The Kier molecular flexibility index (Phi) is 10.2. The summed E-state index contributed by atoms with van der Waals surface area (Å²) in [7, 11) is 0. The standard InChI is InChI=1S/C34H31FN6O3S2/c35-26-15-13-25(14-16-26)29-20-28(30-12-7-19-45-30)39-41(29)33(43)23-46-34-38-37-31(40(34)18-17-24-8-3-1-4-9-24)21-36-32(42)22-44-27-10-5-2-6-11-27/h1-16,19,29H,17-18,20-23H2,(H,36,42)/t29-/m1/s1. The van der Waals surface area contributed by atoms with Crippen molar-refractivity contribution in [3.05, 3.63) is 130 Å². The minimum Gasteiger partial charge on any atom is -0.484 e. The van der Waals surface area contributed by atoms with E-state index in [4.69, 9.17) is 9.84 Å². The van der Waals surface area contributed by atoms with Crippen LogP contribution in [0.1, 0.15) is 34.3 Å². The zero-order valence-corrected chi connectivity index (χ0v) is 26.4. The van der Waals surface area contributed by atoms with Gasteiger partial charge < -0.3 is 14.6 Å². The van der Waals surface area contributed by atoms with Crippen molar-refractivity contribution in [3.8, 4) is 5.75 Å². The molecule has 0 aliphatic carbocycles. The molecule has 0 fully saturated rings. The normalized spacial score (nSPS) is 14.2. The molecular weight excluding hydrogens is 624 g/mol. The van der Waals surface area contributed by atoms with E-state index < -0.39 is 0 Å². The van der Waals surface area contributed by atoms with E-state index in [1.807, 2.05) is 58.5 Å². The van der Waals surface area contributed by atoms with Crippen molar-refractivity contribution in [1.82, 2.24) is 25.1 Å². The maximum absolute atomic E-state index is 13.7. The molecule has 46 heavy (non-hydrogen) atoms. The van der Waals surface area contributed by atoms with Gasteiger partial charge in [-0.05, 0) is 53.3 Å². The molecule has 0 radical (unpaired) electrons. The van der Waals surface area contributed by atoms with Crippen LogP contribution in [-0.2, 0) is 29.1 Å². The topological polar surface area (TPSA) is 102 Å². The molecule has 3 aromatic carbocycles. The Bertz CT molecular complexity index is 1780. The van der Waals surface area contributed by atoms with Crippen LogP contribution < -0.4 is 10.1 Å². The van der Waals surface area contributed by atoms with E-state index in [0.29, 0.717) is 36.1 Å². The Hall–Kier alpha value is -4.81. The summed E-state index contributed by atoms with van der Waals surface area (Å²) in [5.74, 6) is 0.433. The van der Waals surface area contributed by atoms with Crippen molar-refractivity contribution in [2.75, 3.05) is 12.4 Å². The molecule has 0 saturated carbocycles. The average molecular weight is 655 g/mol. The highest BCUT2D eigenvalue weighted by molar-refractivity contribution is 7.99. The number of para-hydroxylation sites is 1. The van der Waals surface area contributed by atoms with Crippen LogP contribution in [0, 0.1) is 5.82 Å². The number of aryl methyl sites for hydroxylation is 1. The molecule has 2 amide bonds. The van der Waals surface area contributed by atoms with E-state index >= 15 is 0 Å². The number of carbonyl (C=O) groups is 2. The van der Waals surface area contributed by atoms with Crippen LogP contribution in [-0.4, -0.2) is 49.7 Å². The number of halogens is 1. The van der Waals surface area contributed by atoms with Crippen LogP contribution in [0.5, 0.6) is 5.75 Å². The van der Waals surface area contributed by atoms with Gasteiger partial charge in [-0.2, -0.15) is 5.10 Å². The van der Waals surface area contributed by atoms with E-state index in [9.17, 15) is 14.0 Å². The molecule has 3 heterocycles. The van der Waals surface area contributed by atoms with Gasteiger partial charge in [0.05, 0.1) is 28.9 Å². The van der Waals surface area contributed by atoms with E-state index in [2.05, 4.69) is 27.6 Å². The zero-order chi connectivity index (χ0) is 31.7. The van der Waals surface area contributed by atoms with Crippen LogP contribution in [0.2, 0.25) is 0 Å². The number of benzene rings is 3. The van der Waals surface area contributed by atoms with Gasteiger partial charge in [-0.3, -0.25) is 9.59 Å².